The number of hydrogen-bond donors (Lipinski definition) is 1. The molecule has 144 valence electrons. The van der Waals surface area contributed by atoms with E-state index in [1.807, 2.05) is 4.90 Å². The van der Waals surface area contributed by atoms with Crippen molar-refractivity contribution < 1.29 is 13.2 Å². The van der Waals surface area contributed by atoms with Crippen LogP contribution in [0.4, 0.5) is 5.95 Å². The molecule has 2 aliphatic heterocycles. The van der Waals surface area contributed by atoms with Crippen molar-refractivity contribution in [1.82, 2.24) is 20.2 Å². The first-order valence-electron chi connectivity index (χ1n) is 8.93. The molecule has 2 aliphatic rings. The fraction of sp³-hybridized carbons (Fsp3) is 0.688. The van der Waals surface area contributed by atoms with E-state index in [0.29, 0.717) is 32.1 Å². The van der Waals surface area contributed by atoms with Gasteiger partial charge < -0.3 is 10.2 Å². The highest BCUT2D eigenvalue weighted by molar-refractivity contribution is 7.91. The third-order valence-corrected chi connectivity index (χ3v) is 6.62. The summed E-state index contributed by atoms with van der Waals surface area (Å²) in [5.74, 6) is 0.566. The molecule has 0 spiro atoms. The zero-order chi connectivity index (χ0) is 18.6. The minimum Gasteiger partial charge on any atom is -0.349 e. The summed E-state index contributed by atoms with van der Waals surface area (Å²) in [6.45, 7) is 3.81. The van der Waals surface area contributed by atoms with Crippen molar-refractivity contribution in [2.24, 2.45) is 0 Å². The quantitative estimate of drug-likeness (QED) is 0.770. The predicted molar refractivity (Wildman–Crippen MR) is 101 cm³/mol. The molecule has 1 aromatic rings. The summed E-state index contributed by atoms with van der Waals surface area (Å²) in [7, 11) is -2.89. The van der Waals surface area contributed by atoms with E-state index in [1.54, 1.807) is 0 Å². The smallest absolute Gasteiger partial charge is 0.271 e. The van der Waals surface area contributed by atoms with Gasteiger partial charge in [0.25, 0.3) is 5.91 Å². The molecule has 10 heteroatoms. The molecule has 3 heterocycles. The molecule has 0 bridgehead atoms. The van der Waals surface area contributed by atoms with Gasteiger partial charge in [0, 0.05) is 39.3 Å². The lowest BCUT2D eigenvalue weighted by Crippen LogP contribution is -2.44. The SMILES string of the molecule is O=C(NCCN1CCS(=O)(=O)CC1)c1nc(N2CCCCC2)ncc1Cl. The van der Waals surface area contributed by atoms with E-state index >= 15 is 0 Å². The molecule has 0 atom stereocenters. The Hall–Kier alpha value is -1.45. The van der Waals surface area contributed by atoms with E-state index in [-0.39, 0.29) is 28.1 Å². The second-order valence-electron chi connectivity index (χ2n) is 6.66. The number of nitrogens with zero attached hydrogens (tertiary/aromatic N) is 4. The summed E-state index contributed by atoms with van der Waals surface area (Å²) in [4.78, 5) is 25.1. The van der Waals surface area contributed by atoms with E-state index < -0.39 is 9.84 Å². The van der Waals surface area contributed by atoms with Crippen LogP contribution in [0.3, 0.4) is 0 Å². The van der Waals surface area contributed by atoms with Gasteiger partial charge in [-0.05, 0) is 19.3 Å². The van der Waals surface area contributed by atoms with Crippen molar-refractivity contribution in [2.45, 2.75) is 19.3 Å². The minimum absolute atomic E-state index is 0.178. The third-order valence-electron chi connectivity index (χ3n) is 4.74. The van der Waals surface area contributed by atoms with Crippen molar-refractivity contribution in [1.29, 1.82) is 0 Å². The Morgan fingerprint density at radius 3 is 2.54 bits per heavy atom. The molecular weight excluding hydrogens is 378 g/mol. The van der Waals surface area contributed by atoms with Gasteiger partial charge in [0.2, 0.25) is 5.95 Å². The van der Waals surface area contributed by atoms with Crippen LogP contribution in [0.1, 0.15) is 29.8 Å². The second-order valence-corrected chi connectivity index (χ2v) is 9.37. The molecule has 8 nitrogen and oxygen atoms in total. The Balaban J connectivity index is 1.54. The first kappa shape index (κ1) is 19.3. The highest BCUT2D eigenvalue weighted by atomic mass is 35.5. The average molecular weight is 402 g/mol. The van der Waals surface area contributed by atoms with Gasteiger partial charge in [-0.15, -0.1) is 0 Å². The van der Waals surface area contributed by atoms with Gasteiger partial charge >= 0.3 is 0 Å². The van der Waals surface area contributed by atoms with Crippen LogP contribution in [0, 0.1) is 0 Å². The number of aromatic nitrogens is 2. The van der Waals surface area contributed by atoms with Gasteiger partial charge in [-0.25, -0.2) is 18.4 Å². The lowest BCUT2D eigenvalue weighted by molar-refractivity contribution is 0.0943. The zero-order valence-corrected chi connectivity index (χ0v) is 16.2. The Kier molecular flexibility index (Phi) is 6.31. The standard InChI is InChI=1S/C16H24ClN5O3S/c17-13-12-19-16(22-5-2-1-3-6-22)20-14(13)15(23)18-4-7-21-8-10-26(24,25)11-9-21/h12H,1-11H2,(H,18,23). The number of carbonyl (C=O) groups is 1. The van der Waals surface area contributed by atoms with Gasteiger partial charge in [0.05, 0.1) is 22.7 Å². The normalized spacial score (nSPS) is 20.7. The van der Waals surface area contributed by atoms with Crippen LogP contribution >= 0.6 is 11.6 Å². The zero-order valence-electron chi connectivity index (χ0n) is 14.7. The lowest BCUT2D eigenvalue weighted by atomic mass is 10.1. The molecule has 0 radical (unpaired) electrons. The maximum Gasteiger partial charge on any atom is 0.271 e. The highest BCUT2D eigenvalue weighted by Gasteiger charge is 2.22. The van der Waals surface area contributed by atoms with Crippen LogP contribution in [-0.4, -0.2) is 80.0 Å². The number of carbonyl (C=O) groups excluding carboxylic acids is 1. The molecule has 1 amide bonds. The van der Waals surface area contributed by atoms with Crippen molar-refractivity contribution in [3.63, 3.8) is 0 Å². The van der Waals surface area contributed by atoms with Gasteiger partial charge in [-0.2, -0.15) is 0 Å². The Morgan fingerprint density at radius 1 is 1.15 bits per heavy atom. The van der Waals surface area contributed by atoms with Crippen LogP contribution in [0.25, 0.3) is 0 Å². The Morgan fingerprint density at radius 2 is 1.85 bits per heavy atom. The number of anilines is 1. The maximum absolute atomic E-state index is 12.4. The summed E-state index contributed by atoms with van der Waals surface area (Å²) in [5.41, 5.74) is 0.184. The fourth-order valence-electron chi connectivity index (χ4n) is 3.15. The average Bonchev–Trinajstić information content (AvgIpc) is 2.64. The number of rotatable bonds is 5. The maximum atomic E-state index is 12.4. The van der Waals surface area contributed by atoms with Crippen molar-refractivity contribution in [3.8, 4) is 0 Å². The number of sulfone groups is 1. The van der Waals surface area contributed by atoms with E-state index in [0.717, 1.165) is 25.9 Å². The number of nitrogens with one attached hydrogen (secondary N) is 1. The molecule has 0 aliphatic carbocycles. The molecule has 26 heavy (non-hydrogen) atoms. The van der Waals surface area contributed by atoms with Gasteiger partial charge in [0.1, 0.15) is 0 Å². The molecule has 2 fully saturated rings. The summed E-state index contributed by atoms with van der Waals surface area (Å²) in [6, 6.07) is 0. The predicted octanol–water partition coefficient (Wildman–Crippen LogP) is 0.581. The van der Waals surface area contributed by atoms with Gasteiger partial charge in [0.15, 0.2) is 15.5 Å². The largest absolute Gasteiger partial charge is 0.349 e. The fourth-order valence-corrected chi connectivity index (χ4v) is 4.60. The summed E-state index contributed by atoms with van der Waals surface area (Å²) < 4.78 is 22.9. The molecule has 2 saturated heterocycles. The molecule has 3 rings (SSSR count). The van der Waals surface area contributed by atoms with Crippen molar-refractivity contribution in [2.75, 3.05) is 55.7 Å². The first-order valence-corrected chi connectivity index (χ1v) is 11.1. The van der Waals surface area contributed by atoms with E-state index in [1.165, 1.54) is 12.6 Å². The topological polar surface area (TPSA) is 95.5 Å². The van der Waals surface area contributed by atoms with Crippen LogP contribution in [-0.2, 0) is 9.84 Å². The number of piperidine rings is 1. The van der Waals surface area contributed by atoms with Crippen molar-refractivity contribution in [3.05, 3.63) is 16.9 Å². The van der Waals surface area contributed by atoms with Crippen molar-refractivity contribution >= 4 is 33.3 Å². The number of hydrogen-bond acceptors (Lipinski definition) is 7. The third kappa shape index (κ3) is 5.05. The Labute approximate surface area is 158 Å². The molecule has 0 saturated carbocycles. The number of halogens is 1. The molecule has 0 unspecified atom stereocenters. The monoisotopic (exact) mass is 401 g/mol. The van der Waals surface area contributed by atoms with E-state index in [9.17, 15) is 13.2 Å². The summed E-state index contributed by atoms with van der Waals surface area (Å²) in [5, 5.41) is 3.04. The summed E-state index contributed by atoms with van der Waals surface area (Å²) >= 11 is 6.11. The first-order chi connectivity index (χ1) is 12.4. The minimum atomic E-state index is -2.89. The molecule has 0 aromatic carbocycles. The molecular formula is C16H24ClN5O3S. The van der Waals surface area contributed by atoms with E-state index in [2.05, 4.69) is 20.2 Å². The van der Waals surface area contributed by atoms with Crippen LogP contribution < -0.4 is 10.2 Å². The second kappa shape index (κ2) is 8.49. The summed E-state index contributed by atoms with van der Waals surface area (Å²) in [6.07, 6.45) is 4.87. The Bertz CT molecular complexity index is 738. The van der Waals surface area contributed by atoms with Gasteiger partial charge in [-0.1, -0.05) is 11.6 Å². The van der Waals surface area contributed by atoms with E-state index in [4.69, 9.17) is 11.6 Å². The van der Waals surface area contributed by atoms with Crippen LogP contribution in [0.2, 0.25) is 5.02 Å². The highest BCUT2D eigenvalue weighted by Crippen LogP contribution is 2.19. The van der Waals surface area contributed by atoms with Crippen LogP contribution in [0.5, 0.6) is 0 Å². The number of amides is 1. The van der Waals surface area contributed by atoms with Crippen LogP contribution in [0.15, 0.2) is 6.20 Å². The van der Waals surface area contributed by atoms with Gasteiger partial charge in [-0.3, -0.25) is 9.69 Å². The molecule has 1 N–H and O–H groups in total. The lowest BCUT2D eigenvalue weighted by Gasteiger charge is -2.27. The molecule has 1 aromatic heterocycles.